The summed E-state index contributed by atoms with van der Waals surface area (Å²) in [7, 11) is 1.61. The number of halogens is 2. The van der Waals surface area contributed by atoms with Crippen molar-refractivity contribution in [1.82, 2.24) is 25.9 Å². The number of rotatable bonds is 12. The number of nitrogens with zero attached hydrogens (tertiary/aromatic N) is 2. The molecule has 0 bridgehead atoms. The van der Waals surface area contributed by atoms with E-state index in [4.69, 9.17) is 37.9 Å². The summed E-state index contributed by atoms with van der Waals surface area (Å²) in [5.74, 6) is 0.788. The van der Waals surface area contributed by atoms with Crippen molar-refractivity contribution < 1.29 is 14.3 Å². The van der Waals surface area contributed by atoms with Crippen LogP contribution in [0, 0.1) is 0 Å². The topological polar surface area (TPSA) is 105 Å². The van der Waals surface area contributed by atoms with Crippen LogP contribution >= 0.6 is 23.2 Å². The number of hydrogen-bond donors (Lipinski definition) is 3. The lowest BCUT2D eigenvalue weighted by molar-refractivity contribution is -0.120. The number of ether oxygens (including phenoxy) is 1. The Labute approximate surface area is 302 Å². The quantitative estimate of drug-likeness (QED) is 0.122. The van der Waals surface area contributed by atoms with E-state index in [0.29, 0.717) is 53.6 Å². The zero-order chi connectivity index (χ0) is 34.6. The van der Waals surface area contributed by atoms with Crippen molar-refractivity contribution in [2.75, 3.05) is 13.7 Å². The highest BCUT2D eigenvalue weighted by atomic mass is 35.5. The molecular weight excluding hydrogens is 669 g/mol. The molecule has 2 atom stereocenters. The summed E-state index contributed by atoms with van der Waals surface area (Å²) in [6, 6.07) is 24.8. The summed E-state index contributed by atoms with van der Waals surface area (Å²) in [6.45, 7) is 1.25. The predicted octanol–water partition coefficient (Wildman–Crippen LogP) is 7.92. The first kappa shape index (κ1) is 34.0. The smallest absolute Gasteiger partial charge is 0.220 e. The summed E-state index contributed by atoms with van der Waals surface area (Å²) in [5.41, 5.74) is 7.97. The lowest BCUT2D eigenvalue weighted by atomic mass is 9.96. The van der Waals surface area contributed by atoms with Crippen LogP contribution in [-0.4, -0.2) is 47.5 Å². The average Bonchev–Trinajstić information content (AvgIpc) is 3.75. The fourth-order valence-corrected chi connectivity index (χ4v) is 7.62. The van der Waals surface area contributed by atoms with E-state index in [1.54, 1.807) is 7.11 Å². The monoisotopic (exact) mass is 707 g/mol. The molecule has 0 unspecified atom stereocenters. The number of carbonyl (C=O) groups is 2. The Hall–Kier alpha value is -4.50. The van der Waals surface area contributed by atoms with Crippen LogP contribution in [0.4, 0.5) is 0 Å². The zero-order valence-electron chi connectivity index (χ0n) is 27.9. The van der Waals surface area contributed by atoms with E-state index < -0.39 is 0 Å². The Bertz CT molecular complexity index is 2070. The van der Waals surface area contributed by atoms with Crippen molar-refractivity contribution in [3.63, 3.8) is 0 Å². The molecule has 256 valence electrons. The van der Waals surface area contributed by atoms with Gasteiger partial charge in [0.25, 0.3) is 0 Å². The van der Waals surface area contributed by atoms with E-state index in [1.807, 2.05) is 54.7 Å². The minimum Gasteiger partial charge on any atom is -0.481 e. The maximum Gasteiger partial charge on any atom is 0.220 e. The van der Waals surface area contributed by atoms with Crippen LogP contribution in [0.1, 0.15) is 49.7 Å². The molecule has 2 saturated heterocycles. The van der Waals surface area contributed by atoms with Crippen LogP contribution in [0.5, 0.6) is 5.88 Å². The van der Waals surface area contributed by atoms with Gasteiger partial charge in [0, 0.05) is 83.0 Å². The van der Waals surface area contributed by atoms with Gasteiger partial charge in [-0.3, -0.25) is 14.6 Å². The van der Waals surface area contributed by atoms with Gasteiger partial charge < -0.3 is 20.7 Å². The second kappa shape index (κ2) is 15.2. The second-order valence-corrected chi connectivity index (χ2v) is 13.8. The number of fused-ring (bicyclic) bond motifs is 1. The molecule has 3 aromatic carbocycles. The first-order chi connectivity index (χ1) is 24.4. The van der Waals surface area contributed by atoms with E-state index in [1.165, 1.54) is 5.56 Å². The number of nitrogens with one attached hydrogen (secondary N) is 3. The number of amides is 2. The molecule has 0 radical (unpaired) electrons. The SMILES string of the molecule is COc1nc(-c2cccc(-c3cccc(-c4cnc5cc(CCC[C@@H]6CCC(=O)N6)ccc5c4)c3Cl)c2Cl)ccc1CNC[C@@H]1CCC(=O)N1. The third kappa shape index (κ3) is 7.48. The van der Waals surface area contributed by atoms with Gasteiger partial charge in [0.2, 0.25) is 17.7 Å². The third-order valence-corrected chi connectivity index (χ3v) is 10.5. The zero-order valence-corrected chi connectivity index (χ0v) is 29.4. The number of aryl methyl sites for hydroxylation is 1. The van der Waals surface area contributed by atoms with Crippen molar-refractivity contribution in [2.24, 2.45) is 0 Å². The molecular formula is C40H39Cl2N5O3. The molecule has 0 aliphatic carbocycles. The number of methoxy groups -OCH3 is 1. The minimum atomic E-state index is 0.104. The Morgan fingerprint density at radius 3 is 2.26 bits per heavy atom. The van der Waals surface area contributed by atoms with Gasteiger partial charge in [-0.05, 0) is 55.9 Å². The van der Waals surface area contributed by atoms with E-state index in [9.17, 15) is 9.59 Å². The van der Waals surface area contributed by atoms with Gasteiger partial charge in [-0.2, -0.15) is 0 Å². The molecule has 2 fully saturated rings. The van der Waals surface area contributed by atoms with Gasteiger partial charge in [0.1, 0.15) is 0 Å². The van der Waals surface area contributed by atoms with Crippen molar-refractivity contribution in [2.45, 2.75) is 63.6 Å². The Morgan fingerprint density at radius 1 is 0.840 bits per heavy atom. The molecule has 5 aromatic rings. The fourth-order valence-electron chi connectivity index (χ4n) is 6.96. The standard InChI is InChI=1S/C40H39Cl2N5O3/c1-50-40-26(21-43-23-29-15-18-37(49)46-29)13-16-34(47-40)33-10-4-9-32(39(33)42)31-8-3-7-30(38(31)41)27-20-25-12-11-24(19-35(25)44-22-27)5-2-6-28-14-17-36(48)45-28/h3-4,7-13,16,19-20,22,28-29,43H,2,5-6,14-15,17-18,21,23H2,1H3,(H,45,48)(H,46,49)/t28-,29+/m1/s1. The van der Waals surface area contributed by atoms with Crippen molar-refractivity contribution in [3.8, 4) is 39.4 Å². The highest BCUT2D eigenvalue weighted by Gasteiger charge is 2.22. The van der Waals surface area contributed by atoms with Crippen molar-refractivity contribution in [1.29, 1.82) is 0 Å². The van der Waals surface area contributed by atoms with Gasteiger partial charge in [-0.1, -0.05) is 77.8 Å². The molecule has 0 spiro atoms. The number of carbonyl (C=O) groups excluding carboxylic acids is 2. The van der Waals surface area contributed by atoms with Gasteiger partial charge in [-0.25, -0.2) is 4.98 Å². The molecule has 2 aliphatic rings. The maximum absolute atomic E-state index is 11.5. The lowest BCUT2D eigenvalue weighted by Crippen LogP contribution is -2.35. The molecule has 2 aliphatic heterocycles. The van der Waals surface area contributed by atoms with Crippen LogP contribution in [0.15, 0.2) is 79.0 Å². The van der Waals surface area contributed by atoms with E-state index in [2.05, 4.69) is 40.2 Å². The van der Waals surface area contributed by atoms with Crippen molar-refractivity contribution >= 4 is 45.9 Å². The number of benzene rings is 3. The number of pyridine rings is 2. The van der Waals surface area contributed by atoms with Crippen LogP contribution in [0.25, 0.3) is 44.4 Å². The van der Waals surface area contributed by atoms with Gasteiger partial charge in [0.15, 0.2) is 0 Å². The summed E-state index contributed by atoms with van der Waals surface area (Å²) in [6.07, 6.45) is 7.84. The van der Waals surface area contributed by atoms with Crippen molar-refractivity contribution in [3.05, 3.63) is 100 Å². The van der Waals surface area contributed by atoms with Crippen LogP contribution in [0.3, 0.4) is 0 Å². The van der Waals surface area contributed by atoms with E-state index >= 15 is 0 Å². The highest BCUT2D eigenvalue weighted by molar-refractivity contribution is 6.39. The summed E-state index contributed by atoms with van der Waals surface area (Å²) >= 11 is 14.2. The molecule has 2 amide bonds. The molecule has 50 heavy (non-hydrogen) atoms. The predicted molar refractivity (Wildman–Crippen MR) is 199 cm³/mol. The van der Waals surface area contributed by atoms with E-state index in [0.717, 1.165) is 76.4 Å². The highest BCUT2D eigenvalue weighted by Crippen LogP contribution is 2.42. The Balaban J connectivity index is 1.08. The molecule has 2 aromatic heterocycles. The molecule has 8 nitrogen and oxygen atoms in total. The summed E-state index contributed by atoms with van der Waals surface area (Å²) in [5, 5.41) is 11.6. The molecule has 7 rings (SSSR count). The lowest BCUT2D eigenvalue weighted by Gasteiger charge is -2.16. The summed E-state index contributed by atoms with van der Waals surface area (Å²) in [4.78, 5) is 32.6. The molecule has 10 heteroatoms. The summed E-state index contributed by atoms with van der Waals surface area (Å²) < 4.78 is 5.66. The average molecular weight is 709 g/mol. The Morgan fingerprint density at radius 2 is 1.54 bits per heavy atom. The van der Waals surface area contributed by atoms with E-state index in [-0.39, 0.29) is 17.9 Å². The van der Waals surface area contributed by atoms with Gasteiger partial charge in [-0.15, -0.1) is 0 Å². The molecule has 4 heterocycles. The molecule has 3 N–H and O–H groups in total. The van der Waals surface area contributed by atoms with Gasteiger partial charge in [0.05, 0.1) is 28.4 Å². The van der Waals surface area contributed by atoms with Gasteiger partial charge >= 0.3 is 0 Å². The normalized spacial score (nSPS) is 17.3. The van der Waals surface area contributed by atoms with Crippen LogP contribution < -0.4 is 20.7 Å². The second-order valence-electron chi connectivity index (χ2n) is 13.1. The fraction of sp³-hybridized carbons (Fsp3) is 0.300. The number of hydrogen-bond acceptors (Lipinski definition) is 6. The minimum absolute atomic E-state index is 0.104. The number of aromatic nitrogens is 2. The third-order valence-electron chi connectivity index (χ3n) is 9.65. The van der Waals surface area contributed by atoms with Crippen LogP contribution in [-0.2, 0) is 22.6 Å². The first-order valence-corrected chi connectivity index (χ1v) is 17.9. The first-order valence-electron chi connectivity index (χ1n) is 17.2. The largest absolute Gasteiger partial charge is 0.481 e. The maximum atomic E-state index is 11.5. The molecule has 0 saturated carbocycles. The van der Waals surface area contributed by atoms with Crippen LogP contribution in [0.2, 0.25) is 10.0 Å². The Kier molecular flexibility index (Phi) is 10.3.